The van der Waals surface area contributed by atoms with Crippen molar-refractivity contribution < 1.29 is 9.53 Å². The smallest absolute Gasteiger partial charge is 0.331 e. The average molecular weight is 166 g/mol. The molecule has 2 nitrogen and oxygen atoms in total. The van der Waals surface area contributed by atoms with Crippen LogP contribution in [0.25, 0.3) is 0 Å². The molecule has 0 saturated heterocycles. The molecule has 66 valence electrons. The summed E-state index contributed by atoms with van der Waals surface area (Å²) in [6.45, 7) is 6.02. The molecular weight excluding hydrogens is 152 g/mol. The normalized spacial score (nSPS) is 10.7. The van der Waals surface area contributed by atoms with Gasteiger partial charge in [-0.25, -0.2) is 4.79 Å². The predicted molar refractivity (Wildman–Crippen MR) is 48.4 cm³/mol. The molecule has 0 unspecified atom stereocenters. The Morgan fingerprint density at radius 3 is 2.42 bits per heavy atom. The summed E-state index contributed by atoms with van der Waals surface area (Å²) in [6.07, 6.45) is 2.80. The van der Waals surface area contributed by atoms with Crippen LogP contribution in [0.15, 0.2) is 12.2 Å². The highest BCUT2D eigenvalue weighted by Gasteiger charge is 2.02. The van der Waals surface area contributed by atoms with E-state index in [1.807, 2.05) is 20.8 Å². The molecule has 0 amide bonds. The summed E-state index contributed by atoms with van der Waals surface area (Å²) < 4.78 is 4.39. The number of hydrogen-bond acceptors (Lipinski definition) is 2. The minimum Gasteiger partial charge on any atom is -0.466 e. The highest BCUT2D eigenvalue weighted by Crippen LogP contribution is 2.09. The van der Waals surface area contributed by atoms with Gasteiger partial charge in [-0.2, -0.15) is 0 Å². The Kier molecular flexibility index (Phi) is 4.14. The predicted octanol–water partition coefficient (Wildman–Crippen LogP) is 1.77. The molecule has 0 aromatic heterocycles. The maximum Gasteiger partial charge on any atom is 0.331 e. The zero-order valence-electron chi connectivity index (χ0n) is 7.97. The zero-order valence-corrected chi connectivity index (χ0v) is 7.97. The van der Waals surface area contributed by atoms with E-state index in [-0.39, 0.29) is 11.4 Å². The van der Waals surface area contributed by atoms with Crippen LogP contribution in [0.1, 0.15) is 20.8 Å². The topological polar surface area (TPSA) is 26.3 Å². The van der Waals surface area contributed by atoms with Crippen molar-refractivity contribution in [2.24, 2.45) is 5.41 Å². The molecule has 0 heterocycles. The van der Waals surface area contributed by atoms with Crippen LogP contribution in [0.2, 0.25) is 0 Å². The van der Waals surface area contributed by atoms with Gasteiger partial charge < -0.3 is 4.74 Å². The van der Waals surface area contributed by atoms with Crippen molar-refractivity contribution in [3.05, 3.63) is 12.2 Å². The molecule has 0 aliphatic carbocycles. The van der Waals surface area contributed by atoms with Crippen molar-refractivity contribution in [3.63, 3.8) is 0 Å². The van der Waals surface area contributed by atoms with E-state index in [9.17, 15) is 4.79 Å². The second-order valence-corrected chi connectivity index (χ2v) is 3.38. The quantitative estimate of drug-likeness (QED) is 0.337. The highest BCUT2D eigenvalue weighted by atomic mass is 16.5. The Balaban J connectivity index is 4.03. The number of allylic oxidation sites excluding steroid dienone is 1. The summed E-state index contributed by atoms with van der Waals surface area (Å²) in [7, 11) is 1.34. The number of carbonyl (C=O) groups is 1. The summed E-state index contributed by atoms with van der Waals surface area (Å²) in [4.78, 5) is 10.6. The van der Waals surface area contributed by atoms with Gasteiger partial charge in [-0.15, -0.1) is 0 Å². The minimum absolute atomic E-state index is 0.0273. The first-order valence-electron chi connectivity index (χ1n) is 3.73. The van der Waals surface area contributed by atoms with Crippen LogP contribution < -0.4 is 0 Å². The van der Waals surface area contributed by atoms with Crippen LogP contribution in [-0.4, -0.2) is 13.1 Å². The van der Waals surface area contributed by atoms with Gasteiger partial charge in [-0.1, -0.05) is 11.8 Å². The van der Waals surface area contributed by atoms with E-state index >= 15 is 0 Å². The van der Waals surface area contributed by atoms with Crippen molar-refractivity contribution in [3.8, 4) is 11.8 Å². The molecule has 0 fully saturated rings. The second-order valence-electron chi connectivity index (χ2n) is 3.38. The van der Waals surface area contributed by atoms with Crippen molar-refractivity contribution >= 4 is 5.97 Å². The van der Waals surface area contributed by atoms with Gasteiger partial charge >= 0.3 is 5.97 Å². The number of ether oxygens (including phenoxy) is 1. The van der Waals surface area contributed by atoms with Gasteiger partial charge in [-0.3, -0.25) is 0 Å². The lowest BCUT2D eigenvalue weighted by Crippen LogP contribution is -1.98. The minimum atomic E-state index is -0.377. The maximum atomic E-state index is 10.6. The molecular formula is C10H14O2. The maximum absolute atomic E-state index is 10.6. The molecule has 0 aliphatic heterocycles. The summed E-state index contributed by atoms with van der Waals surface area (Å²) in [6, 6.07) is 0. The van der Waals surface area contributed by atoms with Crippen LogP contribution >= 0.6 is 0 Å². The van der Waals surface area contributed by atoms with Crippen LogP contribution in [0.4, 0.5) is 0 Å². The van der Waals surface area contributed by atoms with Crippen LogP contribution in [0, 0.1) is 17.3 Å². The molecule has 0 bridgehead atoms. The lowest BCUT2D eigenvalue weighted by Gasteiger charge is -2.05. The molecule has 0 aromatic rings. The molecule has 0 N–H and O–H groups in total. The second kappa shape index (κ2) is 4.61. The fourth-order valence-corrected chi connectivity index (χ4v) is 0.436. The van der Waals surface area contributed by atoms with E-state index < -0.39 is 0 Å². The first-order chi connectivity index (χ1) is 5.45. The number of methoxy groups -OCH3 is 1. The van der Waals surface area contributed by atoms with Crippen molar-refractivity contribution in [2.45, 2.75) is 20.8 Å². The molecule has 12 heavy (non-hydrogen) atoms. The van der Waals surface area contributed by atoms with Crippen LogP contribution in [-0.2, 0) is 9.53 Å². The van der Waals surface area contributed by atoms with Crippen LogP contribution in [0.3, 0.4) is 0 Å². The van der Waals surface area contributed by atoms with Gasteiger partial charge in [0.2, 0.25) is 0 Å². The number of esters is 1. The van der Waals surface area contributed by atoms with Gasteiger partial charge in [0.25, 0.3) is 0 Å². The van der Waals surface area contributed by atoms with Crippen molar-refractivity contribution in [1.82, 2.24) is 0 Å². The monoisotopic (exact) mass is 166 g/mol. The molecule has 0 aromatic carbocycles. The zero-order chi connectivity index (χ0) is 9.61. The summed E-state index contributed by atoms with van der Waals surface area (Å²) in [5.41, 5.74) is -0.0273. The third-order valence-electron chi connectivity index (χ3n) is 0.951. The summed E-state index contributed by atoms with van der Waals surface area (Å²) in [5.74, 6) is 5.34. The average Bonchev–Trinajstić information content (AvgIpc) is 1.96. The van der Waals surface area contributed by atoms with E-state index in [1.54, 1.807) is 0 Å². The first-order valence-corrected chi connectivity index (χ1v) is 3.73. The van der Waals surface area contributed by atoms with Crippen molar-refractivity contribution in [2.75, 3.05) is 7.11 Å². The lowest BCUT2D eigenvalue weighted by atomic mass is 9.98. The van der Waals surface area contributed by atoms with E-state index in [1.165, 1.54) is 19.3 Å². The Labute approximate surface area is 73.6 Å². The van der Waals surface area contributed by atoms with E-state index in [4.69, 9.17) is 0 Å². The third kappa shape index (κ3) is 6.88. The number of carbonyl (C=O) groups excluding carboxylic acids is 1. The first kappa shape index (κ1) is 10.8. The molecule has 0 rings (SSSR count). The molecule has 2 heteroatoms. The van der Waals surface area contributed by atoms with Gasteiger partial charge in [0.05, 0.1) is 7.11 Å². The standard InChI is InChI=1S/C10H14O2/c1-10(2,3)8-6-5-7-9(11)12-4/h5,7H,1-4H3/b7-5+. The summed E-state index contributed by atoms with van der Waals surface area (Å²) in [5, 5.41) is 0. The Morgan fingerprint density at radius 2 is 2.00 bits per heavy atom. The molecule has 0 saturated carbocycles. The Morgan fingerprint density at radius 1 is 1.42 bits per heavy atom. The SMILES string of the molecule is COC(=O)/C=C/C#CC(C)(C)C. The fraction of sp³-hybridized carbons (Fsp3) is 0.500. The van der Waals surface area contributed by atoms with Crippen molar-refractivity contribution in [1.29, 1.82) is 0 Å². The van der Waals surface area contributed by atoms with E-state index in [0.29, 0.717) is 0 Å². The molecule has 0 spiro atoms. The molecule has 0 atom stereocenters. The third-order valence-corrected chi connectivity index (χ3v) is 0.951. The van der Waals surface area contributed by atoms with E-state index in [0.717, 1.165) is 0 Å². The number of rotatable bonds is 1. The van der Waals surface area contributed by atoms with Gasteiger partial charge in [0.1, 0.15) is 0 Å². The van der Waals surface area contributed by atoms with E-state index in [2.05, 4.69) is 16.6 Å². The van der Waals surface area contributed by atoms with Gasteiger partial charge in [0.15, 0.2) is 0 Å². The highest BCUT2D eigenvalue weighted by molar-refractivity contribution is 5.82. The lowest BCUT2D eigenvalue weighted by molar-refractivity contribution is -0.134. The Hall–Kier alpha value is -1.23. The molecule has 0 radical (unpaired) electrons. The number of hydrogen-bond donors (Lipinski definition) is 0. The fourth-order valence-electron chi connectivity index (χ4n) is 0.436. The van der Waals surface area contributed by atoms with Crippen LogP contribution in [0.5, 0.6) is 0 Å². The molecule has 0 aliphatic rings. The van der Waals surface area contributed by atoms with Gasteiger partial charge in [0, 0.05) is 11.5 Å². The largest absolute Gasteiger partial charge is 0.466 e. The van der Waals surface area contributed by atoms with Gasteiger partial charge in [-0.05, 0) is 26.8 Å². The Bertz CT molecular complexity index is 233. The summed E-state index contributed by atoms with van der Waals surface area (Å²) >= 11 is 0.